The summed E-state index contributed by atoms with van der Waals surface area (Å²) in [5, 5.41) is 8.38. The molecule has 0 unspecified atom stereocenters. The van der Waals surface area contributed by atoms with Crippen LogP contribution >= 0.6 is 0 Å². The number of allylic oxidation sites excluding steroid dienone is 9. The molecule has 0 aliphatic rings. The van der Waals surface area contributed by atoms with E-state index >= 15 is 0 Å². The summed E-state index contributed by atoms with van der Waals surface area (Å²) in [7, 11) is 0. The van der Waals surface area contributed by atoms with Crippen LogP contribution in [0.3, 0.4) is 0 Å². The molecule has 0 spiro atoms. The van der Waals surface area contributed by atoms with E-state index in [-0.39, 0.29) is 6.42 Å². The largest absolute Gasteiger partial charge is 0.481 e. The molecule has 1 N–H and O–H groups in total. The van der Waals surface area contributed by atoms with Crippen LogP contribution in [0.1, 0.15) is 26.2 Å². The first-order valence-electron chi connectivity index (χ1n) is 5.79. The molecule has 92 valence electrons. The van der Waals surface area contributed by atoms with Crippen molar-refractivity contribution in [3.63, 3.8) is 0 Å². The van der Waals surface area contributed by atoms with E-state index in [1.54, 1.807) is 6.08 Å². The summed E-state index contributed by atoms with van der Waals surface area (Å²) in [5.41, 5.74) is 0. The normalized spacial score (nSPS) is 13.0. The quantitative estimate of drug-likeness (QED) is 0.506. The highest BCUT2D eigenvalue weighted by Gasteiger charge is 1.86. The summed E-state index contributed by atoms with van der Waals surface area (Å²) < 4.78 is 0. The van der Waals surface area contributed by atoms with E-state index < -0.39 is 5.97 Å². The molecule has 0 aromatic carbocycles. The Labute approximate surface area is 103 Å². The van der Waals surface area contributed by atoms with Crippen LogP contribution in [0.2, 0.25) is 0 Å². The lowest BCUT2D eigenvalue weighted by Crippen LogP contribution is -1.89. The van der Waals surface area contributed by atoms with Gasteiger partial charge in [0.25, 0.3) is 0 Å². The van der Waals surface area contributed by atoms with E-state index in [9.17, 15) is 4.79 Å². The van der Waals surface area contributed by atoms with Crippen molar-refractivity contribution in [3.05, 3.63) is 60.8 Å². The third-order valence-corrected chi connectivity index (χ3v) is 1.79. The van der Waals surface area contributed by atoms with Crippen LogP contribution in [-0.2, 0) is 4.79 Å². The topological polar surface area (TPSA) is 37.3 Å². The van der Waals surface area contributed by atoms with Gasteiger partial charge < -0.3 is 5.11 Å². The van der Waals surface area contributed by atoms with Gasteiger partial charge in [-0.15, -0.1) is 0 Å². The molecule has 0 bridgehead atoms. The number of hydrogen-bond donors (Lipinski definition) is 1. The Bertz CT molecular complexity index is 331. The minimum Gasteiger partial charge on any atom is -0.481 e. The summed E-state index contributed by atoms with van der Waals surface area (Å²) in [4.78, 5) is 10.2. The van der Waals surface area contributed by atoms with Gasteiger partial charge >= 0.3 is 5.97 Å². The van der Waals surface area contributed by atoms with Gasteiger partial charge in [0.15, 0.2) is 0 Å². The lowest BCUT2D eigenvalue weighted by molar-refractivity contribution is -0.136. The summed E-state index contributed by atoms with van der Waals surface area (Å²) in [5.74, 6) is -0.796. The number of aliphatic carboxylic acids is 1. The second kappa shape index (κ2) is 12.2. The highest BCUT2D eigenvalue weighted by molar-refractivity contribution is 5.68. The fraction of sp³-hybridized carbons (Fsp3) is 0.267. The Morgan fingerprint density at radius 3 is 2.06 bits per heavy atom. The molecule has 0 rings (SSSR count). The standard InChI is InChI=1S/C15H20O2/c1-2-3-4-5-6-7-8-9-10-11-12-13-14-15(16)17/h3-10,12-13H,2,11,14H2,1H3,(H,16,17)/b4-3-,6-5+,8-7+,10-9-,13-12-. The molecule has 0 radical (unpaired) electrons. The smallest absolute Gasteiger partial charge is 0.307 e. The summed E-state index contributed by atoms with van der Waals surface area (Å²) in [6.45, 7) is 2.10. The molecule has 2 nitrogen and oxygen atoms in total. The molecule has 0 aromatic heterocycles. The van der Waals surface area contributed by atoms with Crippen LogP contribution in [0.25, 0.3) is 0 Å². The van der Waals surface area contributed by atoms with Gasteiger partial charge in [-0.25, -0.2) is 0 Å². The van der Waals surface area contributed by atoms with E-state index in [1.807, 2.05) is 48.6 Å². The number of carbonyl (C=O) groups is 1. The minimum absolute atomic E-state index is 0.0934. The number of carboxylic acid groups (broad SMARTS) is 1. The maximum Gasteiger partial charge on any atom is 0.307 e. The first-order valence-corrected chi connectivity index (χ1v) is 5.79. The Morgan fingerprint density at radius 2 is 1.47 bits per heavy atom. The van der Waals surface area contributed by atoms with Crippen molar-refractivity contribution in [2.75, 3.05) is 0 Å². The van der Waals surface area contributed by atoms with Crippen LogP contribution in [0.5, 0.6) is 0 Å². The zero-order valence-corrected chi connectivity index (χ0v) is 10.3. The molecule has 0 aliphatic heterocycles. The maximum atomic E-state index is 10.2. The molecule has 0 fully saturated rings. The van der Waals surface area contributed by atoms with Gasteiger partial charge in [-0.2, -0.15) is 0 Å². The van der Waals surface area contributed by atoms with Crippen LogP contribution in [0.15, 0.2) is 60.8 Å². The number of carboxylic acids is 1. The Morgan fingerprint density at radius 1 is 0.882 bits per heavy atom. The van der Waals surface area contributed by atoms with E-state index in [0.717, 1.165) is 12.8 Å². The fourth-order valence-corrected chi connectivity index (χ4v) is 0.987. The first-order chi connectivity index (χ1) is 8.27. The van der Waals surface area contributed by atoms with Gasteiger partial charge in [0, 0.05) is 0 Å². The zero-order chi connectivity index (χ0) is 12.8. The van der Waals surface area contributed by atoms with Gasteiger partial charge in [0.05, 0.1) is 6.42 Å². The van der Waals surface area contributed by atoms with E-state index in [2.05, 4.69) is 13.0 Å². The van der Waals surface area contributed by atoms with Gasteiger partial charge in [-0.1, -0.05) is 67.7 Å². The summed E-state index contributed by atoms with van der Waals surface area (Å²) in [6.07, 6.45) is 21.3. The summed E-state index contributed by atoms with van der Waals surface area (Å²) in [6, 6.07) is 0. The van der Waals surface area contributed by atoms with E-state index in [0.29, 0.717) is 0 Å². The second-order valence-corrected chi connectivity index (χ2v) is 3.34. The molecular weight excluding hydrogens is 212 g/mol. The maximum absolute atomic E-state index is 10.2. The highest BCUT2D eigenvalue weighted by atomic mass is 16.4. The van der Waals surface area contributed by atoms with Crippen molar-refractivity contribution < 1.29 is 9.90 Å². The summed E-state index contributed by atoms with van der Waals surface area (Å²) >= 11 is 0. The molecule has 0 amide bonds. The Hall–Kier alpha value is -1.83. The van der Waals surface area contributed by atoms with Crippen molar-refractivity contribution in [2.45, 2.75) is 26.2 Å². The average Bonchev–Trinajstić information content (AvgIpc) is 2.30. The molecule has 0 aliphatic carbocycles. The first kappa shape index (κ1) is 15.2. The van der Waals surface area contributed by atoms with Gasteiger partial charge in [-0.3, -0.25) is 4.79 Å². The highest BCUT2D eigenvalue weighted by Crippen LogP contribution is 1.90. The molecule has 17 heavy (non-hydrogen) atoms. The van der Waals surface area contributed by atoms with Crippen LogP contribution in [-0.4, -0.2) is 11.1 Å². The average molecular weight is 232 g/mol. The minimum atomic E-state index is -0.796. The SMILES string of the molecule is CC\C=C/C=C/C=C/C=C\C/C=C\CC(=O)O. The van der Waals surface area contributed by atoms with Crippen LogP contribution < -0.4 is 0 Å². The van der Waals surface area contributed by atoms with Crippen LogP contribution in [0, 0.1) is 0 Å². The molecule has 0 saturated heterocycles. The van der Waals surface area contributed by atoms with E-state index in [4.69, 9.17) is 5.11 Å². The van der Waals surface area contributed by atoms with Crippen molar-refractivity contribution in [1.29, 1.82) is 0 Å². The van der Waals surface area contributed by atoms with Crippen molar-refractivity contribution in [2.24, 2.45) is 0 Å². The van der Waals surface area contributed by atoms with Crippen molar-refractivity contribution in [1.82, 2.24) is 0 Å². The predicted molar refractivity (Wildman–Crippen MR) is 72.9 cm³/mol. The Kier molecular flexibility index (Phi) is 10.9. The Balaban J connectivity index is 3.63. The van der Waals surface area contributed by atoms with Crippen molar-refractivity contribution >= 4 is 5.97 Å². The molecule has 0 atom stereocenters. The number of rotatable bonds is 8. The monoisotopic (exact) mass is 232 g/mol. The van der Waals surface area contributed by atoms with Gasteiger partial charge in [0.2, 0.25) is 0 Å². The molecule has 0 aromatic rings. The molecule has 2 heteroatoms. The zero-order valence-electron chi connectivity index (χ0n) is 10.3. The fourth-order valence-electron chi connectivity index (χ4n) is 0.987. The third-order valence-electron chi connectivity index (χ3n) is 1.79. The number of hydrogen-bond acceptors (Lipinski definition) is 1. The molecular formula is C15H20O2. The van der Waals surface area contributed by atoms with E-state index in [1.165, 1.54) is 0 Å². The van der Waals surface area contributed by atoms with Gasteiger partial charge in [0.1, 0.15) is 0 Å². The third kappa shape index (κ3) is 14.2. The second-order valence-electron chi connectivity index (χ2n) is 3.34. The molecule has 0 saturated carbocycles. The van der Waals surface area contributed by atoms with Crippen molar-refractivity contribution in [3.8, 4) is 0 Å². The predicted octanol–water partition coefficient (Wildman–Crippen LogP) is 4.04. The van der Waals surface area contributed by atoms with Gasteiger partial charge in [-0.05, 0) is 12.8 Å². The lowest BCUT2D eigenvalue weighted by atomic mass is 10.3. The van der Waals surface area contributed by atoms with Crippen LogP contribution in [0.4, 0.5) is 0 Å². The molecule has 0 heterocycles. The lowest BCUT2D eigenvalue weighted by Gasteiger charge is -1.82.